The van der Waals surface area contributed by atoms with Gasteiger partial charge in [0, 0.05) is 0 Å². The van der Waals surface area contributed by atoms with Crippen molar-refractivity contribution >= 4 is 39.8 Å². The highest BCUT2D eigenvalue weighted by Gasteiger charge is 2.52. The van der Waals surface area contributed by atoms with Gasteiger partial charge in [-0.15, -0.1) is 39.5 Å². The van der Waals surface area contributed by atoms with Gasteiger partial charge in [0.05, 0.1) is 0 Å². The normalized spacial score (nSPS) is 19.8. The minimum Gasteiger partial charge on any atom is -0.106 e. The molecule has 0 N–H and O–H groups in total. The summed E-state index contributed by atoms with van der Waals surface area (Å²) in [4.78, 5) is 0. The lowest BCUT2D eigenvalue weighted by Gasteiger charge is -2.51. The summed E-state index contributed by atoms with van der Waals surface area (Å²) >= 11 is 0. The van der Waals surface area contributed by atoms with Gasteiger partial charge in [0.2, 0.25) is 0 Å². The van der Waals surface area contributed by atoms with Crippen LogP contribution in [0.2, 0.25) is 16.6 Å². The predicted octanol–water partition coefficient (Wildman–Crippen LogP) is 7.70. The first-order valence-electron chi connectivity index (χ1n) is 14.0. The fourth-order valence-corrected chi connectivity index (χ4v) is 19.7. The predicted molar refractivity (Wildman–Crippen MR) is 182 cm³/mol. The molecule has 3 aromatic carbocycles. The van der Waals surface area contributed by atoms with E-state index in [-0.39, 0.29) is 0 Å². The van der Waals surface area contributed by atoms with Gasteiger partial charge in [0.15, 0.2) is 0 Å². The van der Waals surface area contributed by atoms with E-state index < -0.39 is 24.2 Å². The largest absolute Gasteiger partial charge is 0.135 e. The maximum absolute atomic E-state index is 4.46. The van der Waals surface area contributed by atoms with Crippen LogP contribution in [0.5, 0.6) is 0 Å². The van der Waals surface area contributed by atoms with Gasteiger partial charge < -0.3 is 0 Å². The summed E-state index contributed by atoms with van der Waals surface area (Å²) in [6.45, 7) is 26.8. The van der Waals surface area contributed by atoms with Gasteiger partial charge in [0.1, 0.15) is 24.2 Å². The maximum atomic E-state index is 4.46. The van der Waals surface area contributed by atoms with Crippen molar-refractivity contribution in [3.63, 3.8) is 0 Å². The van der Waals surface area contributed by atoms with Gasteiger partial charge in [-0.25, -0.2) is 0 Å². The van der Waals surface area contributed by atoms with Gasteiger partial charge in [-0.3, -0.25) is 0 Å². The third kappa shape index (κ3) is 4.95. The van der Waals surface area contributed by atoms with Crippen LogP contribution in [-0.4, -0.2) is 24.2 Å². The monoisotopic (exact) mass is 558 g/mol. The fourth-order valence-electron chi connectivity index (χ4n) is 7.33. The van der Waals surface area contributed by atoms with Crippen LogP contribution < -0.4 is 15.6 Å². The highest BCUT2D eigenvalue weighted by Crippen LogP contribution is 2.54. The van der Waals surface area contributed by atoms with Crippen molar-refractivity contribution in [2.24, 2.45) is 0 Å². The van der Waals surface area contributed by atoms with Crippen LogP contribution in [0.25, 0.3) is 0 Å². The molecule has 0 unspecified atom stereocenters. The molecule has 0 nitrogen and oxygen atoms in total. The van der Waals surface area contributed by atoms with Crippen molar-refractivity contribution < 1.29 is 0 Å². The average Bonchev–Trinajstić information content (AvgIpc) is 3.02. The van der Waals surface area contributed by atoms with E-state index in [0.717, 1.165) is 19.3 Å². The molecule has 0 atom stereocenters. The Hall–Kier alpha value is -3.25. The van der Waals surface area contributed by atoms with Crippen molar-refractivity contribution in [2.75, 3.05) is 0 Å². The Balaban J connectivity index is 1.94. The summed E-state index contributed by atoms with van der Waals surface area (Å²) < 4.78 is 0. The lowest BCUT2D eigenvalue weighted by molar-refractivity contribution is 0.481. The second-order valence-corrected chi connectivity index (χ2v) is 23.1. The molecule has 39 heavy (non-hydrogen) atoms. The molecule has 0 amide bonds. The molecule has 198 valence electrons. The zero-order chi connectivity index (χ0) is 27.9. The van der Waals surface area contributed by atoms with Crippen molar-refractivity contribution in [3.05, 3.63) is 165 Å². The van der Waals surface area contributed by atoms with Gasteiger partial charge in [0.25, 0.3) is 0 Å². The molecule has 0 spiro atoms. The molecular weight excluding hydrogens is 517 g/mol. The van der Waals surface area contributed by atoms with E-state index in [1.54, 1.807) is 0 Å². The Morgan fingerprint density at radius 2 is 0.590 bits per heavy atom. The fraction of sp³-hybridized carbons (Fsp3) is 0.167. The molecule has 1 aliphatic rings. The van der Waals surface area contributed by atoms with Gasteiger partial charge in [-0.05, 0) is 16.6 Å². The zero-order valence-electron chi connectivity index (χ0n) is 23.2. The van der Waals surface area contributed by atoms with Crippen molar-refractivity contribution in [3.8, 4) is 0 Å². The minimum absolute atomic E-state index is 0.463. The van der Waals surface area contributed by atoms with Crippen molar-refractivity contribution in [2.45, 2.75) is 35.9 Å². The second kappa shape index (κ2) is 12.3. The first-order valence-corrected chi connectivity index (χ1v) is 20.7. The van der Waals surface area contributed by atoms with Crippen LogP contribution in [0.15, 0.2) is 165 Å². The van der Waals surface area contributed by atoms with Crippen LogP contribution >= 0.6 is 0 Å². The van der Waals surface area contributed by atoms with E-state index in [1.165, 1.54) is 15.6 Å². The Morgan fingerprint density at radius 1 is 0.385 bits per heavy atom. The van der Waals surface area contributed by atoms with Gasteiger partial charge in [-0.1, -0.05) is 160 Å². The van der Waals surface area contributed by atoms with Gasteiger partial charge in [-0.2, -0.15) is 0 Å². The van der Waals surface area contributed by atoms with E-state index in [1.807, 2.05) is 0 Å². The first kappa shape index (κ1) is 28.8. The molecule has 0 aromatic heterocycles. The van der Waals surface area contributed by atoms with Crippen LogP contribution in [0.4, 0.5) is 0 Å². The number of hydrogen-bond donors (Lipinski definition) is 0. The molecule has 4 rings (SSSR count). The molecule has 0 aliphatic heterocycles. The van der Waals surface area contributed by atoms with E-state index in [4.69, 9.17) is 0 Å². The standard InChI is InChI=1S/C36H42Si3/c1-7-37(8-2,31-22-16-13-17-23-31)34-28-35(38(9-3,10-4)32-24-18-14-19-25-32)30-36(29-34)39(11-5,12-6)33-26-20-15-21-27-33/h7-27,34-36H,1-6,28-30H2. The van der Waals surface area contributed by atoms with Gasteiger partial charge >= 0.3 is 0 Å². The summed E-state index contributed by atoms with van der Waals surface area (Å²) in [6.07, 6.45) is 3.38. The Labute approximate surface area is 239 Å². The zero-order valence-corrected chi connectivity index (χ0v) is 26.2. The minimum atomic E-state index is -2.28. The van der Waals surface area contributed by atoms with E-state index in [9.17, 15) is 0 Å². The topological polar surface area (TPSA) is 0 Å². The summed E-state index contributed by atoms with van der Waals surface area (Å²) in [5, 5.41) is 4.19. The highest BCUT2D eigenvalue weighted by molar-refractivity contribution is 7.04. The summed E-state index contributed by atoms with van der Waals surface area (Å²) in [7, 11) is -6.83. The molecule has 0 saturated heterocycles. The van der Waals surface area contributed by atoms with Crippen LogP contribution in [0.1, 0.15) is 19.3 Å². The first-order chi connectivity index (χ1) is 19.0. The maximum Gasteiger partial charge on any atom is 0.135 e. The second-order valence-electron chi connectivity index (χ2n) is 10.9. The SMILES string of the molecule is C=C[Si](C=C)(c1ccccc1)C1CC([Si](C=C)(C=C)c2ccccc2)CC([Si](C=C)(C=C)c2ccccc2)C1. The molecule has 1 saturated carbocycles. The molecular formula is C36H42Si3. The van der Waals surface area contributed by atoms with Crippen LogP contribution in [0, 0.1) is 0 Å². The van der Waals surface area contributed by atoms with E-state index in [2.05, 4.69) is 165 Å². The smallest absolute Gasteiger partial charge is 0.106 e. The van der Waals surface area contributed by atoms with Crippen molar-refractivity contribution in [1.29, 1.82) is 0 Å². The lowest BCUT2D eigenvalue weighted by atomic mass is 9.98. The lowest BCUT2D eigenvalue weighted by Crippen LogP contribution is -2.58. The Bertz CT molecular complexity index is 1110. The van der Waals surface area contributed by atoms with E-state index >= 15 is 0 Å². The molecule has 1 aliphatic carbocycles. The number of benzene rings is 3. The molecule has 1 fully saturated rings. The van der Waals surface area contributed by atoms with Crippen molar-refractivity contribution in [1.82, 2.24) is 0 Å². The third-order valence-corrected chi connectivity index (χ3v) is 23.1. The van der Waals surface area contributed by atoms with Crippen LogP contribution in [-0.2, 0) is 0 Å². The Kier molecular flexibility index (Phi) is 9.06. The van der Waals surface area contributed by atoms with Crippen LogP contribution in [0.3, 0.4) is 0 Å². The third-order valence-electron chi connectivity index (χ3n) is 9.58. The van der Waals surface area contributed by atoms with E-state index in [0.29, 0.717) is 16.6 Å². The molecule has 3 heteroatoms. The average molecular weight is 559 g/mol. The molecule has 0 bridgehead atoms. The number of hydrogen-bond acceptors (Lipinski definition) is 0. The molecule has 0 heterocycles. The molecule has 3 aromatic rings. The summed E-state index contributed by atoms with van der Waals surface area (Å²) in [5.74, 6) is 0. The summed E-state index contributed by atoms with van der Waals surface area (Å²) in [6, 6.07) is 33.0. The Morgan fingerprint density at radius 3 is 0.769 bits per heavy atom. The highest BCUT2D eigenvalue weighted by atomic mass is 28.3. The number of rotatable bonds is 12. The summed E-state index contributed by atoms with van der Waals surface area (Å²) in [5.41, 5.74) is 15.1. The quantitative estimate of drug-likeness (QED) is 0.200. The molecule has 0 radical (unpaired) electrons.